The van der Waals surface area contributed by atoms with Crippen LogP contribution in [-0.2, 0) is 4.74 Å². The number of morpholine rings is 1. The Morgan fingerprint density at radius 1 is 1.14 bits per heavy atom. The van der Waals surface area contributed by atoms with Crippen LogP contribution in [-0.4, -0.2) is 77.5 Å². The lowest BCUT2D eigenvalue weighted by molar-refractivity contribution is 0.0995. The van der Waals surface area contributed by atoms with Gasteiger partial charge in [-0.25, -0.2) is 15.0 Å². The number of ether oxygens (including phenoxy) is 1. The zero-order chi connectivity index (χ0) is 26.2. The Morgan fingerprint density at radius 3 is 2.43 bits per heavy atom. The molecule has 3 aliphatic rings. The summed E-state index contributed by atoms with van der Waals surface area (Å²) >= 11 is 0. The maximum atomic E-state index is 12.6. The molecular weight excluding hydrogens is 472 g/mol. The molecule has 196 valence electrons. The van der Waals surface area contributed by atoms with Crippen molar-refractivity contribution in [1.29, 1.82) is 5.26 Å². The van der Waals surface area contributed by atoms with Crippen molar-refractivity contribution in [2.45, 2.75) is 45.1 Å². The number of aliphatic hydroxyl groups excluding tert-OH is 1. The molecule has 1 amide bonds. The molecule has 5 rings (SSSR count). The average Bonchev–Trinajstić information content (AvgIpc) is 3.67. The van der Waals surface area contributed by atoms with E-state index in [0.29, 0.717) is 66.1 Å². The number of anilines is 3. The van der Waals surface area contributed by atoms with Crippen molar-refractivity contribution in [2.75, 3.05) is 61.1 Å². The summed E-state index contributed by atoms with van der Waals surface area (Å²) < 4.78 is 5.46. The highest BCUT2D eigenvalue weighted by molar-refractivity contribution is 5.97. The number of amides is 1. The van der Waals surface area contributed by atoms with Gasteiger partial charge in [0.05, 0.1) is 42.7 Å². The van der Waals surface area contributed by atoms with Gasteiger partial charge in [-0.2, -0.15) is 5.26 Å². The van der Waals surface area contributed by atoms with E-state index in [1.165, 1.54) is 12.8 Å². The number of hydrogen-bond acceptors (Lipinski definition) is 10. The summed E-state index contributed by atoms with van der Waals surface area (Å²) in [5, 5.41) is 23.0. The van der Waals surface area contributed by atoms with E-state index < -0.39 is 11.4 Å². The van der Waals surface area contributed by atoms with Crippen LogP contribution in [0, 0.1) is 16.7 Å². The van der Waals surface area contributed by atoms with Crippen molar-refractivity contribution in [3.05, 3.63) is 23.4 Å². The molecule has 3 fully saturated rings. The second kappa shape index (κ2) is 9.76. The predicted octanol–water partition coefficient (Wildman–Crippen LogP) is 1.91. The average molecular weight is 507 g/mol. The maximum absolute atomic E-state index is 12.6. The van der Waals surface area contributed by atoms with Crippen LogP contribution in [0.15, 0.2) is 12.1 Å². The molecule has 0 atom stereocenters. The number of nitrogens with one attached hydrogen (secondary N) is 1. The van der Waals surface area contributed by atoms with Gasteiger partial charge >= 0.3 is 0 Å². The standard InChI is InChI=1S/C26H34N8O3/c1-25(2,16-35)32-23-20(18-13-17(15-27)14-19(29-18)33-9-11-37-12-10-33)30-21(22(28)36)24(31-23)34-7-5-26(3-4-26)6-8-34/h13-14,35H,3-12,16H2,1-2H3,(H2,28,36)(H,31,32). The minimum atomic E-state index is -0.727. The minimum absolute atomic E-state index is 0.0752. The molecule has 4 N–H and O–H groups in total. The van der Waals surface area contributed by atoms with Crippen LogP contribution in [0.25, 0.3) is 11.4 Å². The molecule has 37 heavy (non-hydrogen) atoms. The highest BCUT2D eigenvalue weighted by Gasteiger charge is 2.45. The van der Waals surface area contributed by atoms with Gasteiger partial charge in [0.15, 0.2) is 17.3 Å². The summed E-state index contributed by atoms with van der Waals surface area (Å²) in [6.45, 7) is 7.53. The third-order valence-electron chi connectivity index (χ3n) is 7.56. The van der Waals surface area contributed by atoms with Crippen molar-refractivity contribution in [3.8, 4) is 17.5 Å². The first-order chi connectivity index (χ1) is 17.7. The summed E-state index contributed by atoms with van der Waals surface area (Å²) in [5.41, 5.74) is 6.73. The van der Waals surface area contributed by atoms with E-state index in [4.69, 9.17) is 25.4 Å². The topological polar surface area (TPSA) is 154 Å². The Morgan fingerprint density at radius 2 is 1.84 bits per heavy atom. The number of aliphatic hydroxyl groups is 1. The van der Waals surface area contributed by atoms with Crippen LogP contribution in [0.3, 0.4) is 0 Å². The Labute approximate surface area is 216 Å². The number of nitriles is 1. The quantitative estimate of drug-likeness (QED) is 0.507. The molecule has 4 heterocycles. The van der Waals surface area contributed by atoms with Gasteiger partial charge in [0.1, 0.15) is 11.5 Å². The first-order valence-electron chi connectivity index (χ1n) is 12.8. The monoisotopic (exact) mass is 506 g/mol. The molecule has 0 bridgehead atoms. The fourth-order valence-electron chi connectivity index (χ4n) is 4.96. The van der Waals surface area contributed by atoms with Crippen molar-refractivity contribution < 1.29 is 14.6 Å². The highest BCUT2D eigenvalue weighted by Crippen LogP contribution is 2.54. The maximum Gasteiger partial charge on any atom is 0.271 e. The Balaban J connectivity index is 1.62. The van der Waals surface area contributed by atoms with Crippen molar-refractivity contribution >= 4 is 23.4 Å². The fraction of sp³-hybridized carbons (Fsp3) is 0.577. The van der Waals surface area contributed by atoms with Gasteiger partial charge in [-0.1, -0.05) is 0 Å². The molecule has 1 spiro atoms. The SMILES string of the molecule is CC(C)(CO)Nc1nc(N2CCC3(CC2)CC3)c(C(N)=O)nc1-c1cc(C#N)cc(N2CCOCC2)n1. The lowest BCUT2D eigenvalue weighted by atomic mass is 9.93. The fourth-order valence-corrected chi connectivity index (χ4v) is 4.96. The van der Waals surface area contributed by atoms with E-state index in [9.17, 15) is 15.2 Å². The molecule has 11 nitrogen and oxygen atoms in total. The summed E-state index contributed by atoms with van der Waals surface area (Å²) in [7, 11) is 0. The van der Waals surface area contributed by atoms with E-state index in [1.807, 2.05) is 13.8 Å². The molecule has 0 unspecified atom stereocenters. The number of carbonyl (C=O) groups excluding carboxylic acids is 1. The molecule has 0 radical (unpaired) electrons. The smallest absolute Gasteiger partial charge is 0.271 e. The molecule has 2 saturated heterocycles. The third-order valence-corrected chi connectivity index (χ3v) is 7.56. The summed E-state index contributed by atoms with van der Waals surface area (Å²) in [4.78, 5) is 31.1. The number of primary amides is 1. The minimum Gasteiger partial charge on any atom is -0.394 e. The lowest BCUT2D eigenvalue weighted by Crippen LogP contribution is -2.39. The van der Waals surface area contributed by atoms with Crippen LogP contribution in [0.1, 0.15) is 55.6 Å². The number of pyridine rings is 1. The number of aromatic nitrogens is 3. The Hall–Kier alpha value is -3.49. The van der Waals surface area contributed by atoms with E-state index >= 15 is 0 Å². The van der Waals surface area contributed by atoms with Crippen LogP contribution in [0.4, 0.5) is 17.5 Å². The van der Waals surface area contributed by atoms with Gasteiger partial charge in [0, 0.05) is 26.2 Å². The van der Waals surface area contributed by atoms with Crippen molar-refractivity contribution in [1.82, 2.24) is 15.0 Å². The predicted molar refractivity (Wildman–Crippen MR) is 139 cm³/mol. The van der Waals surface area contributed by atoms with E-state index in [-0.39, 0.29) is 12.3 Å². The Kier molecular flexibility index (Phi) is 6.64. The van der Waals surface area contributed by atoms with E-state index in [0.717, 1.165) is 25.9 Å². The van der Waals surface area contributed by atoms with Crippen LogP contribution >= 0.6 is 0 Å². The second-order valence-corrected chi connectivity index (χ2v) is 10.9. The molecule has 1 saturated carbocycles. The number of hydrogen-bond donors (Lipinski definition) is 3. The largest absolute Gasteiger partial charge is 0.394 e. The van der Waals surface area contributed by atoms with Crippen molar-refractivity contribution in [2.24, 2.45) is 11.1 Å². The number of piperidine rings is 1. The molecule has 1 aliphatic carbocycles. The molecule has 2 aromatic rings. The summed E-state index contributed by atoms with van der Waals surface area (Å²) in [6.07, 6.45) is 4.62. The molecule has 0 aromatic carbocycles. The Bertz CT molecular complexity index is 1220. The molecule has 2 aromatic heterocycles. The molecule has 11 heteroatoms. The normalized spacial score (nSPS) is 19.0. The highest BCUT2D eigenvalue weighted by atomic mass is 16.5. The second-order valence-electron chi connectivity index (χ2n) is 10.9. The zero-order valence-electron chi connectivity index (χ0n) is 21.5. The van der Waals surface area contributed by atoms with Crippen LogP contribution < -0.4 is 20.9 Å². The van der Waals surface area contributed by atoms with Gasteiger partial charge in [-0.15, -0.1) is 0 Å². The van der Waals surface area contributed by atoms with Crippen LogP contribution in [0.5, 0.6) is 0 Å². The van der Waals surface area contributed by atoms with Crippen molar-refractivity contribution in [3.63, 3.8) is 0 Å². The van der Waals surface area contributed by atoms with Gasteiger partial charge in [0.25, 0.3) is 5.91 Å². The van der Waals surface area contributed by atoms with Gasteiger partial charge in [0.2, 0.25) is 0 Å². The first-order valence-corrected chi connectivity index (χ1v) is 12.8. The van der Waals surface area contributed by atoms with Crippen LogP contribution in [0.2, 0.25) is 0 Å². The van der Waals surface area contributed by atoms with Gasteiger partial charge < -0.3 is 30.7 Å². The van der Waals surface area contributed by atoms with E-state index in [1.54, 1.807) is 12.1 Å². The number of nitrogens with zero attached hydrogens (tertiary/aromatic N) is 6. The number of rotatable bonds is 7. The molecule has 2 aliphatic heterocycles. The number of nitrogens with two attached hydrogens (primary N) is 1. The zero-order valence-corrected chi connectivity index (χ0v) is 21.5. The lowest BCUT2D eigenvalue weighted by Gasteiger charge is -2.34. The van der Waals surface area contributed by atoms with E-state index in [2.05, 4.69) is 21.2 Å². The molecular formula is C26H34N8O3. The number of carbonyl (C=O) groups is 1. The first kappa shape index (κ1) is 25.2. The summed E-state index contributed by atoms with van der Waals surface area (Å²) in [6, 6.07) is 5.57. The van der Waals surface area contributed by atoms with Gasteiger partial charge in [-0.3, -0.25) is 4.79 Å². The van der Waals surface area contributed by atoms with Gasteiger partial charge in [-0.05, 0) is 57.1 Å². The third kappa shape index (κ3) is 5.31. The summed E-state index contributed by atoms with van der Waals surface area (Å²) in [5.74, 6) is 0.768.